The molecule has 1 atom stereocenters. The molecule has 116 valence electrons. The van der Waals surface area contributed by atoms with E-state index in [1.807, 2.05) is 6.92 Å². The van der Waals surface area contributed by atoms with E-state index in [1.165, 1.54) is 0 Å². The average molecular weight is 283 g/mol. The third-order valence-electron chi connectivity index (χ3n) is 4.65. The highest BCUT2D eigenvalue weighted by molar-refractivity contribution is 5.78. The molecule has 0 aromatic rings. The Kier molecular flexibility index (Phi) is 5.60. The van der Waals surface area contributed by atoms with Crippen LogP contribution in [0.4, 0.5) is 0 Å². The summed E-state index contributed by atoms with van der Waals surface area (Å²) in [5.41, 5.74) is -0.312. The molecule has 2 N–H and O–H groups in total. The molecule has 4 heteroatoms. The van der Waals surface area contributed by atoms with Crippen LogP contribution in [0.3, 0.4) is 0 Å². The molecule has 1 fully saturated rings. The molecule has 0 saturated heterocycles. The molecule has 1 aliphatic rings. The fourth-order valence-corrected chi connectivity index (χ4v) is 2.89. The van der Waals surface area contributed by atoms with Gasteiger partial charge in [0.1, 0.15) is 0 Å². The third kappa shape index (κ3) is 5.14. The molecular formula is C16H29NO3. The number of carbonyl (C=O) groups excluding carboxylic acids is 1. The standard InChI is InChI=1S/C16H29NO3/c1-12(15(2,3)4)17-13(18)10-16(11-14(19)20)8-6-5-7-9-16/h12H,5-11H2,1-4H3,(H,17,18)(H,19,20). The summed E-state index contributed by atoms with van der Waals surface area (Å²) in [6, 6.07) is 0.0838. The van der Waals surface area contributed by atoms with E-state index in [9.17, 15) is 9.59 Å². The van der Waals surface area contributed by atoms with Crippen molar-refractivity contribution in [1.82, 2.24) is 5.32 Å². The number of rotatable bonds is 5. The summed E-state index contributed by atoms with van der Waals surface area (Å²) in [5, 5.41) is 12.2. The minimum atomic E-state index is -0.788. The average Bonchev–Trinajstić information content (AvgIpc) is 2.26. The lowest BCUT2D eigenvalue weighted by Crippen LogP contribution is -2.44. The summed E-state index contributed by atoms with van der Waals surface area (Å²) in [6.45, 7) is 8.27. The van der Waals surface area contributed by atoms with E-state index < -0.39 is 5.97 Å². The van der Waals surface area contributed by atoms with Crippen LogP contribution < -0.4 is 5.32 Å². The van der Waals surface area contributed by atoms with Crippen molar-refractivity contribution < 1.29 is 14.7 Å². The first-order valence-electron chi connectivity index (χ1n) is 7.66. The highest BCUT2D eigenvalue weighted by Gasteiger charge is 2.37. The van der Waals surface area contributed by atoms with Crippen LogP contribution in [-0.4, -0.2) is 23.0 Å². The van der Waals surface area contributed by atoms with Crippen LogP contribution in [0.25, 0.3) is 0 Å². The van der Waals surface area contributed by atoms with Crippen LogP contribution >= 0.6 is 0 Å². The van der Waals surface area contributed by atoms with Crippen LogP contribution in [0, 0.1) is 10.8 Å². The quantitative estimate of drug-likeness (QED) is 0.813. The molecule has 1 rings (SSSR count). The second-order valence-electron chi connectivity index (χ2n) is 7.46. The Labute approximate surface area is 122 Å². The lowest BCUT2D eigenvalue weighted by Gasteiger charge is -2.36. The van der Waals surface area contributed by atoms with Gasteiger partial charge >= 0.3 is 5.97 Å². The van der Waals surface area contributed by atoms with Gasteiger partial charge in [-0.1, -0.05) is 40.0 Å². The van der Waals surface area contributed by atoms with Gasteiger partial charge in [0.15, 0.2) is 0 Å². The molecule has 4 nitrogen and oxygen atoms in total. The maximum atomic E-state index is 12.3. The Bertz CT molecular complexity index is 351. The first kappa shape index (κ1) is 17.0. The van der Waals surface area contributed by atoms with E-state index >= 15 is 0 Å². The number of hydrogen-bond donors (Lipinski definition) is 2. The van der Waals surface area contributed by atoms with Gasteiger partial charge < -0.3 is 10.4 Å². The zero-order chi connectivity index (χ0) is 15.4. The van der Waals surface area contributed by atoms with E-state index in [2.05, 4.69) is 26.1 Å². The highest BCUT2D eigenvalue weighted by atomic mass is 16.4. The van der Waals surface area contributed by atoms with Gasteiger partial charge in [-0.25, -0.2) is 0 Å². The van der Waals surface area contributed by atoms with Crippen LogP contribution in [0.1, 0.15) is 72.6 Å². The SMILES string of the molecule is CC(NC(=O)CC1(CC(=O)O)CCCCC1)C(C)(C)C. The van der Waals surface area contributed by atoms with Crippen LogP contribution in [0.5, 0.6) is 0 Å². The van der Waals surface area contributed by atoms with Crippen LogP contribution in [0.2, 0.25) is 0 Å². The van der Waals surface area contributed by atoms with Gasteiger partial charge in [-0.05, 0) is 30.6 Å². The Balaban J connectivity index is 2.65. The zero-order valence-corrected chi connectivity index (χ0v) is 13.3. The number of aliphatic carboxylic acids is 1. The molecule has 0 aromatic heterocycles. The van der Waals surface area contributed by atoms with E-state index in [1.54, 1.807) is 0 Å². The number of amides is 1. The Morgan fingerprint density at radius 1 is 1.15 bits per heavy atom. The van der Waals surface area contributed by atoms with Gasteiger partial charge in [0, 0.05) is 12.5 Å². The minimum absolute atomic E-state index is 0.00410. The fourth-order valence-electron chi connectivity index (χ4n) is 2.89. The summed E-state index contributed by atoms with van der Waals surface area (Å²) in [6.07, 6.45) is 5.41. The van der Waals surface area contributed by atoms with Crippen molar-refractivity contribution in [2.24, 2.45) is 10.8 Å². The number of carboxylic acid groups (broad SMARTS) is 1. The molecule has 20 heavy (non-hydrogen) atoms. The van der Waals surface area contributed by atoms with Gasteiger partial charge in [-0.15, -0.1) is 0 Å². The zero-order valence-electron chi connectivity index (χ0n) is 13.3. The van der Waals surface area contributed by atoms with Gasteiger partial charge in [-0.3, -0.25) is 9.59 Å². The second kappa shape index (κ2) is 6.59. The van der Waals surface area contributed by atoms with E-state index in [-0.39, 0.29) is 29.2 Å². The van der Waals surface area contributed by atoms with E-state index in [4.69, 9.17) is 5.11 Å². The molecule has 0 heterocycles. The van der Waals surface area contributed by atoms with Crippen molar-refractivity contribution in [2.45, 2.75) is 78.7 Å². The Morgan fingerprint density at radius 2 is 1.70 bits per heavy atom. The van der Waals surface area contributed by atoms with Crippen LogP contribution in [0.15, 0.2) is 0 Å². The second-order valence-corrected chi connectivity index (χ2v) is 7.46. The van der Waals surface area contributed by atoms with E-state index in [0.717, 1.165) is 32.1 Å². The van der Waals surface area contributed by atoms with Crippen molar-refractivity contribution in [2.75, 3.05) is 0 Å². The molecule has 1 saturated carbocycles. The van der Waals surface area contributed by atoms with Crippen molar-refractivity contribution >= 4 is 11.9 Å². The maximum absolute atomic E-state index is 12.3. The smallest absolute Gasteiger partial charge is 0.303 e. The van der Waals surface area contributed by atoms with Crippen molar-refractivity contribution in [1.29, 1.82) is 0 Å². The normalized spacial score (nSPS) is 20.2. The first-order valence-corrected chi connectivity index (χ1v) is 7.66. The molecule has 0 aromatic carbocycles. The molecular weight excluding hydrogens is 254 g/mol. The summed E-state index contributed by atoms with van der Waals surface area (Å²) < 4.78 is 0. The molecule has 1 aliphatic carbocycles. The van der Waals surface area contributed by atoms with Crippen molar-refractivity contribution in [3.63, 3.8) is 0 Å². The third-order valence-corrected chi connectivity index (χ3v) is 4.65. The first-order chi connectivity index (χ1) is 9.15. The maximum Gasteiger partial charge on any atom is 0.303 e. The van der Waals surface area contributed by atoms with Crippen molar-refractivity contribution in [3.05, 3.63) is 0 Å². The predicted molar refractivity (Wildman–Crippen MR) is 79.4 cm³/mol. The highest BCUT2D eigenvalue weighted by Crippen LogP contribution is 2.42. The van der Waals surface area contributed by atoms with Crippen molar-refractivity contribution in [3.8, 4) is 0 Å². The number of hydrogen-bond acceptors (Lipinski definition) is 2. The molecule has 1 unspecified atom stereocenters. The minimum Gasteiger partial charge on any atom is -0.481 e. The number of carbonyl (C=O) groups is 2. The monoisotopic (exact) mass is 283 g/mol. The molecule has 1 amide bonds. The van der Waals surface area contributed by atoms with Gasteiger partial charge in [0.25, 0.3) is 0 Å². The predicted octanol–water partition coefficient (Wildman–Crippen LogP) is 3.35. The molecule has 0 bridgehead atoms. The number of carboxylic acids is 1. The van der Waals surface area contributed by atoms with E-state index in [0.29, 0.717) is 6.42 Å². The summed E-state index contributed by atoms with van der Waals surface area (Å²) in [4.78, 5) is 23.4. The summed E-state index contributed by atoms with van der Waals surface area (Å²) in [5.74, 6) is -0.792. The van der Waals surface area contributed by atoms with Crippen LogP contribution in [-0.2, 0) is 9.59 Å². The summed E-state index contributed by atoms with van der Waals surface area (Å²) in [7, 11) is 0. The van der Waals surface area contributed by atoms with Gasteiger partial charge in [-0.2, -0.15) is 0 Å². The van der Waals surface area contributed by atoms with Gasteiger partial charge in [0.2, 0.25) is 5.91 Å². The topological polar surface area (TPSA) is 66.4 Å². The Morgan fingerprint density at radius 3 is 2.15 bits per heavy atom. The lowest BCUT2D eigenvalue weighted by molar-refractivity contribution is -0.141. The molecule has 0 radical (unpaired) electrons. The summed E-state index contributed by atoms with van der Waals surface area (Å²) >= 11 is 0. The Hall–Kier alpha value is -1.06. The molecule has 0 spiro atoms. The number of nitrogens with one attached hydrogen (secondary N) is 1. The fraction of sp³-hybridized carbons (Fsp3) is 0.875. The lowest BCUT2D eigenvalue weighted by atomic mass is 9.69. The molecule has 0 aliphatic heterocycles. The van der Waals surface area contributed by atoms with Gasteiger partial charge in [0.05, 0.1) is 6.42 Å². The largest absolute Gasteiger partial charge is 0.481 e.